The Morgan fingerprint density at radius 2 is 2.20 bits per heavy atom. The van der Waals surface area contributed by atoms with Gasteiger partial charge in [0.25, 0.3) is 5.69 Å². The zero-order valence-corrected chi connectivity index (χ0v) is 7.94. The van der Waals surface area contributed by atoms with Gasteiger partial charge in [-0.2, -0.15) is 0 Å². The molecule has 0 heterocycles. The Labute approximate surface area is 85.5 Å². The summed E-state index contributed by atoms with van der Waals surface area (Å²) in [4.78, 5) is 9.94. The molecule has 3 N–H and O–H groups in total. The second kappa shape index (κ2) is 4.70. The molecule has 82 valence electrons. The molecule has 0 aliphatic carbocycles. The van der Waals surface area contributed by atoms with E-state index in [4.69, 9.17) is 10.8 Å². The highest BCUT2D eigenvalue weighted by Gasteiger charge is 2.17. The van der Waals surface area contributed by atoms with Crippen molar-refractivity contribution in [2.24, 2.45) is 0 Å². The van der Waals surface area contributed by atoms with Gasteiger partial charge < -0.3 is 10.8 Å². The lowest BCUT2D eigenvalue weighted by molar-refractivity contribution is -0.385. The Morgan fingerprint density at radius 3 is 2.73 bits per heavy atom. The fourth-order valence-corrected chi connectivity index (χ4v) is 1.33. The van der Waals surface area contributed by atoms with Crippen LogP contribution in [0.1, 0.15) is 12.0 Å². The van der Waals surface area contributed by atoms with Gasteiger partial charge in [-0.15, -0.1) is 0 Å². The van der Waals surface area contributed by atoms with Crippen molar-refractivity contribution in [2.45, 2.75) is 12.8 Å². The quantitative estimate of drug-likeness (QED) is 0.448. The Kier molecular flexibility index (Phi) is 3.56. The van der Waals surface area contributed by atoms with Crippen LogP contribution in [0.25, 0.3) is 0 Å². The summed E-state index contributed by atoms with van der Waals surface area (Å²) >= 11 is 0. The smallest absolute Gasteiger partial charge is 0.277 e. The van der Waals surface area contributed by atoms with Gasteiger partial charge in [0.05, 0.1) is 16.6 Å². The predicted octanol–water partition coefficient (Wildman–Crippen LogP) is 1.24. The number of nitro benzene ring substituents is 1. The van der Waals surface area contributed by atoms with E-state index >= 15 is 0 Å². The number of hydrogen-bond acceptors (Lipinski definition) is 4. The highest BCUT2D eigenvalue weighted by atomic mass is 19.1. The van der Waals surface area contributed by atoms with E-state index in [9.17, 15) is 14.5 Å². The minimum atomic E-state index is -0.730. The minimum absolute atomic E-state index is 0.0511. The van der Waals surface area contributed by atoms with Crippen LogP contribution in [0.2, 0.25) is 0 Å². The number of aliphatic hydroxyl groups excluding tert-OH is 1. The van der Waals surface area contributed by atoms with E-state index in [-0.39, 0.29) is 30.0 Å². The molecule has 1 aromatic carbocycles. The maximum absolute atomic E-state index is 12.9. The molecule has 0 atom stereocenters. The fourth-order valence-electron chi connectivity index (χ4n) is 1.33. The highest BCUT2D eigenvalue weighted by Crippen LogP contribution is 2.27. The third kappa shape index (κ3) is 2.63. The van der Waals surface area contributed by atoms with Crippen molar-refractivity contribution in [3.63, 3.8) is 0 Å². The molecule has 0 aliphatic rings. The van der Waals surface area contributed by atoms with E-state index in [2.05, 4.69) is 0 Å². The molecule has 1 rings (SSSR count). The van der Waals surface area contributed by atoms with Crippen LogP contribution in [0.4, 0.5) is 15.8 Å². The zero-order valence-electron chi connectivity index (χ0n) is 7.94. The molecule has 0 unspecified atom stereocenters. The molecule has 0 aromatic heterocycles. The first-order valence-electron chi connectivity index (χ1n) is 4.39. The zero-order chi connectivity index (χ0) is 11.4. The second-order valence-corrected chi connectivity index (χ2v) is 3.08. The lowest BCUT2D eigenvalue weighted by Gasteiger charge is -2.05. The summed E-state index contributed by atoms with van der Waals surface area (Å²) in [6.07, 6.45) is 0.621. The molecular weight excluding hydrogens is 203 g/mol. The first-order valence-corrected chi connectivity index (χ1v) is 4.39. The van der Waals surface area contributed by atoms with Crippen LogP contribution in [-0.2, 0) is 6.42 Å². The van der Waals surface area contributed by atoms with Gasteiger partial charge in [0.2, 0.25) is 0 Å². The monoisotopic (exact) mass is 214 g/mol. The molecular formula is C9H11FN2O3. The van der Waals surface area contributed by atoms with E-state index in [1.165, 1.54) is 0 Å². The Balaban J connectivity index is 3.15. The molecule has 1 aromatic rings. The summed E-state index contributed by atoms with van der Waals surface area (Å²) in [5, 5.41) is 19.2. The predicted molar refractivity (Wildman–Crippen MR) is 52.9 cm³/mol. The van der Waals surface area contributed by atoms with Crippen molar-refractivity contribution in [1.29, 1.82) is 0 Å². The minimum Gasteiger partial charge on any atom is -0.398 e. The largest absolute Gasteiger partial charge is 0.398 e. The topological polar surface area (TPSA) is 89.4 Å². The summed E-state index contributed by atoms with van der Waals surface area (Å²) < 4.78 is 12.9. The summed E-state index contributed by atoms with van der Waals surface area (Å²) in [6, 6.07) is 1.88. The van der Waals surface area contributed by atoms with Crippen LogP contribution in [0.15, 0.2) is 12.1 Å². The van der Waals surface area contributed by atoms with E-state index < -0.39 is 10.7 Å². The van der Waals surface area contributed by atoms with Crippen molar-refractivity contribution < 1.29 is 14.4 Å². The molecule has 0 radical (unpaired) electrons. The van der Waals surface area contributed by atoms with E-state index in [0.29, 0.717) is 6.42 Å². The van der Waals surface area contributed by atoms with Crippen LogP contribution in [0.5, 0.6) is 0 Å². The summed E-state index contributed by atoms with van der Waals surface area (Å²) in [6.45, 7) is -0.0893. The number of anilines is 1. The van der Waals surface area contributed by atoms with Gasteiger partial charge in [-0.25, -0.2) is 4.39 Å². The Bertz CT molecular complexity index is 382. The average molecular weight is 214 g/mol. The van der Waals surface area contributed by atoms with E-state index in [1.807, 2.05) is 0 Å². The third-order valence-corrected chi connectivity index (χ3v) is 2.01. The van der Waals surface area contributed by atoms with Gasteiger partial charge in [-0.1, -0.05) is 0 Å². The Hall–Kier alpha value is -1.69. The van der Waals surface area contributed by atoms with Crippen molar-refractivity contribution >= 4 is 11.4 Å². The number of nitrogens with zero attached hydrogens (tertiary/aromatic N) is 1. The number of nitro groups is 1. The van der Waals surface area contributed by atoms with Crippen LogP contribution in [0, 0.1) is 15.9 Å². The van der Waals surface area contributed by atoms with Gasteiger partial charge in [-0.05, 0) is 18.9 Å². The molecule has 0 saturated carbocycles. The average Bonchev–Trinajstić information content (AvgIpc) is 2.15. The molecule has 5 nitrogen and oxygen atoms in total. The van der Waals surface area contributed by atoms with Crippen LogP contribution in [-0.4, -0.2) is 16.6 Å². The maximum Gasteiger partial charge on any atom is 0.277 e. The molecule has 0 spiro atoms. The lowest BCUT2D eigenvalue weighted by atomic mass is 10.1. The van der Waals surface area contributed by atoms with Gasteiger partial charge >= 0.3 is 0 Å². The standard InChI is InChI=1S/C9H11FN2O3/c10-6-4-8(11)7(2-1-3-13)9(5-6)12(14)15/h4-5,13H,1-3,11H2. The first kappa shape index (κ1) is 11.4. The molecule has 0 aliphatic heterocycles. The molecule has 0 bridgehead atoms. The SMILES string of the molecule is Nc1cc(F)cc([N+](=O)[O-])c1CCCO. The first-order chi connectivity index (χ1) is 7.06. The number of nitrogens with two attached hydrogens (primary N) is 1. The molecule has 15 heavy (non-hydrogen) atoms. The van der Waals surface area contributed by atoms with Gasteiger partial charge in [-0.3, -0.25) is 10.1 Å². The number of aliphatic hydroxyl groups is 1. The van der Waals surface area contributed by atoms with Crippen molar-refractivity contribution in [1.82, 2.24) is 0 Å². The van der Waals surface area contributed by atoms with Gasteiger partial charge in [0.15, 0.2) is 0 Å². The van der Waals surface area contributed by atoms with Crippen molar-refractivity contribution in [3.05, 3.63) is 33.6 Å². The normalized spacial score (nSPS) is 10.3. The number of rotatable bonds is 4. The highest BCUT2D eigenvalue weighted by molar-refractivity contribution is 5.58. The molecule has 6 heteroatoms. The van der Waals surface area contributed by atoms with Crippen molar-refractivity contribution in [2.75, 3.05) is 12.3 Å². The van der Waals surface area contributed by atoms with E-state index in [0.717, 1.165) is 12.1 Å². The second-order valence-electron chi connectivity index (χ2n) is 3.08. The number of hydrogen-bond donors (Lipinski definition) is 2. The molecule has 0 amide bonds. The maximum atomic E-state index is 12.9. The van der Waals surface area contributed by atoms with Crippen molar-refractivity contribution in [3.8, 4) is 0 Å². The van der Waals surface area contributed by atoms with Gasteiger partial charge in [0.1, 0.15) is 5.82 Å². The van der Waals surface area contributed by atoms with E-state index in [1.54, 1.807) is 0 Å². The summed E-state index contributed by atoms with van der Waals surface area (Å²) in [7, 11) is 0. The lowest BCUT2D eigenvalue weighted by Crippen LogP contribution is -2.03. The Morgan fingerprint density at radius 1 is 1.53 bits per heavy atom. The number of nitrogen functional groups attached to an aromatic ring is 1. The number of benzene rings is 1. The van der Waals surface area contributed by atoms with Crippen LogP contribution in [0.3, 0.4) is 0 Å². The van der Waals surface area contributed by atoms with Crippen LogP contribution >= 0.6 is 0 Å². The third-order valence-electron chi connectivity index (χ3n) is 2.01. The fraction of sp³-hybridized carbons (Fsp3) is 0.333. The number of halogens is 1. The summed E-state index contributed by atoms with van der Waals surface area (Å²) in [5.74, 6) is -0.730. The van der Waals surface area contributed by atoms with Crippen LogP contribution < -0.4 is 5.73 Å². The van der Waals surface area contributed by atoms with Gasteiger partial charge in [0, 0.05) is 12.3 Å². The molecule has 0 fully saturated rings. The molecule has 0 saturated heterocycles. The summed E-state index contributed by atoms with van der Waals surface area (Å²) in [5.41, 5.74) is 5.47.